The van der Waals surface area contributed by atoms with Crippen molar-refractivity contribution < 1.29 is 22.5 Å². The fourth-order valence-corrected chi connectivity index (χ4v) is 3.66. The van der Waals surface area contributed by atoms with Gasteiger partial charge in [0.2, 0.25) is 0 Å². The van der Waals surface area contributed by atoms with Crippen molar-refractivity contribution in [3.05, 3.63) is 90.6 Å². The van der Waals surface area contributed by atoms with Crippen LogP contribution in [0.1, 0.15) is 10.4 Å². The van der Waals surface area contributed by atoms with Crippen molar-refractivity contribution in [2.24, 2.45) is 10.2 Å². The molecule has 1 aromatic heterocycles. The summed E-state index contributed by atoms with van der Waals surface area (Å²) in [5, 5.41) is 8.50. The number of carbonyl (C=O) groups excluding carboxylic acids is 1. The van der Waals surface area contributed by atoms with Gasteiger partial charge in [0.25, 0.3) is 10.1 Å². The minimum Gasteiger partial charge on any atom is -0.420 e. The summed E-state index contributed by atoms with van der Waals surface area (Å²) in [5.74, 6) is -0.374. The summed E-state index contributed by atoms with van der Waals surface area (Å²) in [4.78, 5) is 16.3. The van der Waals surface area contributed by atoms with Crippen LogP contribution in [0.2, 0.25) is 0 Å². The predicted molar refractivity (Wildman–Crippen MR) is 114 cm³/mol. The van der Waals surface area contributed by atoms with Crippen LogP contribution in [0.5, 0.6) is 5.75 Å². The standard InChI is InChI=1S/C22H15N3O5S/c26-22(15-8-2-1-3-9-15)30-21-17-11-5-4-10-16(17)19(31(27,28)29)14-18(21)24-25-20-12-6-7-13-23-20/h1-14H,(H,27,28,29). The number of ether oxygens (including phenoxy) is 1. The Bertz CT molecular complexity index is 1390. The maximum atomic E-state index is 12.7. The lowest BCUT2D eigenvalue weighted by molar-refractivity contribution is 0.0737. The van der Waals surface area contributed by atoms with Crippen LogP contribution in [-0.4, -0.2) is 23.9 Å². The third kappa shape index (κ3) is 4.47. The number of aromatic nitrogens is 1. The van der Waals surface area contributed by atoms with Crippen molar-refractivity contribution in [3.63, 3.8) is 0 Å². The van der Waals surface area contributed by atoms with E-state index in [9.17, 15) is 17.8 Å². The van der Waals surface area contributed by atoms with E-state index in [1.807, 2.05) is 0 Å². The quantitative estimate of drug-likeness (QED) is 0.202. The number of rotatable bonds is 5. The molecule has 0 aliphatic heterocycles. The molecule has 0 saturated heterocycles. The number of hydrogen-bond acceptors (Lipinski definition) is 7. The Hall–Kier alpha value is -3.95. The first-order valence-corrected chi connectivity index (χ1v) is 10.5. The highest BCUT2D eigenvalue weighted by Gasteiger charge is 2.22. The van der Waals surface area contributed by atoms with E-state index >= 15 is 0 Å². The topological polar surface area (TPSA) is 118 Å². The Labute approximate surface area is 177 Å². The van der Waals surface area contributed by atoms with Crippen molar-refractivity contribution in [2.45, 2.75) is 4.90 Å². The second kappa shape index (κ2) is 8.42. The molecule has 0 amide bonds. The Kier molecular flexibility index (Phi) is 5.52. The SMILES string of the molecule is O=C(Oc1c(N=Nc2ccccn2)cc(S(=O)(=O)O)c2ccccc12)c1ccccc1. The van der Waals surface area contributed by atoms with Crippen molar-refractivity contribution in [3.8, 4) is 5.75 Å². The molecule has 31 heavy (non-hydrogen) atoms. The highest BCUT2D eigenvalue weighted by atomic mass is 32.2. The van der Waals surface area contributed by atoms with E-state index in [0.717, 1.165) is 6.07 Å². The van der Waals surface area contributed by atoms with Gasteiger partial charge < -0.3 is 4.74 Å². The summed E-state index contributed by atoms with van der Waals surface area (Å²) in [5.41, 5.74) is 0.249. The highest BCUT2D eigenvalue weighted by molar-refractivity contribution is 7.86. The van der Waals surface area contributed by atoms with Gasteiger partial charge in [-0.2, -0.15) is 8.42 Å². The van der Waals surface area contributed by atoms with Gasteiger partial charge in [0.05, 0.1) is 5.56 Å². The molecule has 0 unspecified atom stereocenters. The second-order valence-corrected chi connectivity index (χ2v) is 7.78. The van der Waals surface area contributed by atoms with Crippen LogP contribution in [0.25, 0.3) is 10.8 Å². The van der Waals surface area contributed by atoms with Gasteiger partial charge in [-0.05, 0) is 30.3 Å². The van der Waals surface area contributed by atoms with Crippen LogP contribution in [-0.2, 0) is 10.1 Å². The molecule has 0 aliphatic carbocycles. The van der Waals surface area contributed by atoms with Crippen LogP contribution < -0.4 is 4.74 Å². The monoisotopic (exact) mass is 433 g/mol. The van der Waals surface area contributed by atoms with Gasteiger partial charge in [-0.15, -0.1) is 10.2 Å². The Morgan fingerprint density at radius 2 is 1.55 bits per heavy atom. The molecule has 8 nitrogen and oxygen atoms in total. The number of fused-ring (bicyclic) bond motifs is 1. The molecule has 0 bridgehead atoms. The van der Waals surface area contributed by atoms with Crippen LogP contribution in [0.3, 0.4) is 0 Å². The number of esters is 1. The molecular weight excluding hydrogens is 418 g/mol. The van der Waals surface area contributed by atoms with E-state index in [4.69, 9.17) is 4.74 Å². The molecule has 0 aliphatic rings. The zero-order chi connectivity index (χ0) is 21.8. The lowest BCUT2D eigenvalue weighted by Gasteiger charge is -2.13. The first-order chi connectivity index (χ1) is 14.9. The second-order valence-electron chi connectivity index (χ2n) is 6.39. The van der Waals surface area contributed by atoms with E-state index in [1.54, 1.807) is 66.7 Å². The molecule has 0 radical (unpaired) electrons. The maximum Gasteiger partial charge on any atom is 0.343 e. The van der Waals surface area contributed by atoms with Crippen molar-refractivity contribution in [1.29, 1.82) is 0 Å². The van der Waals surface area contributed by atoms with E-state index in [1.165, 1.54) is 12.3 Å². The van der Waals surface area contributed by atoms with Crippen LogP contribution in [0.4, 0.5) is 11.5 Å². The minimum absolute atomic E-state index is 0.0107. The van der Waals surface area contributed by atoms with Crippen molar-refractivity contribution in [2.75, 3.05) is 0 Å². The Morgan fingerprint density at radius 1 is 0.871 bits per heavy atom. The number of benzene rings is 3. The number of hydrogen-bond donors (Lipinski definition) is 1. The van der Waals surface area contributed by atoms with Gasteiger partial charge in [0.1, 0.15) is 10.6 Å². The smallest absolute Gasteiger partial charge is 0.343 e. The molecule has 4 aromatic rings. The lowest BCUT2D eigenvalue weighted by atomic mass is 10.1. The molecule has 9 heteroatoms. The third-order valence-corrected chi connectivity index (χ3v) is 5.22. The van der Waals surface area contributed by atoms with Gasteiger partial charge in [-0.3, -0.25) is 4.55 Å². The molecule has 4 rings (SSSR count). The first kappa shape index (κ1) is 20.3. The predicted octanol–water partition coefficient (Wildman–Crippen LogP) is 5.12. The summed E-state index contributed by atoms with van der Waals surface area (Å²) < 4.78 is 39.3. The molecule has 3 aromatic carbocycles. The molecule has 0 saturated carbocycles. The summed E-state index contributed by atoms with van der Waals surface area (Å²) in [6.07, 6.45) is 1.52. The summed E-state index contributed by atoms with van der Waals surface area (Å²) in [6, 6.07) is 20.8. The van der Waals surface area contributed by atoms with E-state index in [2.05, 4.69) is 15.2 Å². The third-order valence-electron chi connectivity index (χ3n) is 4.33. The minimum atomic E-state index is -4.59. The zero-order valence-corrected chi connectivity index (χ0v) is 16.7. The summed E-state index contributed by atoms with van der Waals surface area (Å²) in [6.45, 7) is 0. The lowest BCUT2D eigenvalue weighted by Crippen LogP contribution is -2.09. The Morgan fingerprint density at radius 3 is 2.23 bits per heavy atom. The Balaban J connectivity index is 1.91. The molecule has 1 heterocycles. The van der Waals surface area contributed by atoms with Gasteiger partial charge >= 0.3 is 5.97 Å². The summed E-state index contributed by atoms with van der Waals surface area (Å²) >= 11 is 0. The highest BCUT2D eigenvalue weighted by Crippen LogP contribution is 2.41. The van der Waals surface area contributed by atoms with Gasteiger partial charge in [-0.25, -0.2) is 9.78 Å². The van der Waals surface area contributed by atoms with Crippen LogP contribution in [0.15, 0.2) is 100 Å². The fraction of sp³-hybridized carbons (Fsp3) is 0. The normalized spacial score (nSPS) is 11.6. The summed E-state index contributed by atoms with van der Waals surface area (Å²) in [7, 11) is -4.59. The molecular formula is C22H15N3O5S. The molecule has 1 N–H and O–H groups in total. The fourth-order valence-electron chi connectivity index (χ4n) is 2.94. The zero-order valence-electron chi connectivity index (χ0n) is 15.9. The molecule has 0 fully saturated rings. The molecule has 0 atom stereocenters. The first-order valence-electron chi connectivity index (χ1n) is 9.07. The van der Waals surface area contributed by atoms with Gasteiger partial charge in [-0.1, -0.05) is 48.5 Å². The van der Waals surface area contributed by atoms with E-state index < -0.39 is 16.1 Å². The largest absolute Gasteiger partial charge is 0.420 e. The number of carbonyl (C=O) groups is 1. The number of pyridine rings is 1. The average Bonchev–Trinajstić information content (AvgIpc) is 2.79. The number of nitrogens with zero attached hydrogens (tertiary/aromatic N) is 3. The molecule has 154 valence electrons. The van der Waals surface area contributed by atoms with Gasteiger partial charge in [0, 0.05) is 17.0 Å². The van der Waals surface area contributed by atoms with Crippen LogP contribution >= 0.6 is 0 Å². The average molecular weight is 433 g/mol. The van der Waals surface area contributed by atoms with Crippen molar-refractivity contribution >= 4 is 38.4 Å². The molecule has 0 spiro atoms. The van der Waals surface area contributed by atoms with Crippen LogP contribution in [0, 0.1) is 0 Å². The van der Waals surface area contributed by atoms with Crippen molar-refractivity contribution in [1.82, 2.24) is 4.98 Å². The van der Waals surface area contributed by atoms with E-state index in [-0.39, 0.29) is 32.9 Å². The number of azo groups is 1. The maximum absolute atomic E-state index is 12.7. The van der Waals surface area contributed by atoms with Gasteiger partial charge in [0.15, 0.2) is 11.6 Å². The van der Waals surface area contributed by atoms with E-state index in [0.29, 0.717) is 5.56 Å².